The van der Waals surface area contributed by atoms with Crippen LogP contribution in [0.15, 0.2) is 36.4 Å². The van der Waals surface area contributed by atoms with Crippen LogP contribution in [-0.4, -0.2) is 43.5 Å². The zero-order valence-electron chi connectivity index (χ0n) is 20.9. The number of carbonyl (C=O) groups excluding carboxylic acids is 2. The van der Waals surface area contributed by atoms with Gasteiger partial charge in [-0.1, -0.05) is 12.1 Å². The predicted molar refractivity (Wildman–Crippen MR) is 127 cm³/mol. The molecule has 0 aliphatic rings. The minimum absolute atomic E-state index is 0.263. The average molecular weight is 494 g/mol. The maximum absolute atomic E-state index is 14.0. The van der Waals surface area contributed by atoms with Gasteiger partial charge in [-0.3, -0.25) is 4.79 Å². The second-order valence-electron chi connectivity index (χ2n) is 8.76. The number of rotatable bonds is 10. The Morgan fingerprint density at radius 3 is 1.83 bits per heavy atom. The molecular weight excluding hydrogens is 460 g/mol. The van der Waals surface area contributed by atoms with Crippen LogP contribution in [0.5, 0.6) is 11.5 Å². The fourth-order valence-electron chi connectivity index (χ4n) is 3.54. The molecule has 0 saturated carbocycles. The van der Waals surface area contributed by atoms with Crippen molar-refractivity contribution in [2.45, 2.75) is 59.2 Å². The van der Waals surface area contributed by atoms with Gasteiger partial charge in [0.15, 0.2) is 0 Å². The molecule has 1 amide bonds. The lowest BCUT2D eigenvalue weighted by Crippen LogP contribution is -2.37. The Bertz CT molecular complexity index is 966. The number of hydrogen-bond donors (Lipinski definition) is 1. The molecule has 192 valence electrons. The van der Waals surface area contributed by atoms with Crippen LogP contribution in [0, 0.1) is 11.6 Å². The van der Waals surface area contributed by atoms with Gasteiger partial charge in [-0.15, -0.1) is 0 Å². The lowest BCUT2D eigenvalue weighted by atomic mass is 9.85. The molecule has 1 atom stereocenters. The molecule has 2 rings (SSSR count). The quantitative estimate of drug-likeness (QED) is 0.449. The fraction of sp³-hybridized carbons (Fsp3) is 0.462. The van der Waals surface area contributed by atoms with E-state index in [0.29, 0.717) is 11.1 Å². The van der Waals surface area contributed by atoms with Crippen molar-refractivity contribution in [3.05, 3.63) is 59.2 Å². The zero-order valence-corrected chi connectivity index (χ0v) is 20.9. The third kappa shape index (κ3) is 8.42. The number of alkyl carbamates (subject to hydrolysis) is 1. The van der Waals surface area contributed by atoms with E-state index >= 15 is 0 Å². The van der Waals surface area contributed by atoms with Crippen molar-refractivity contribution in [1.29, 1.82) is 0 Å². The van der Waals surface area contributed by atoms with Gasteiger partial charge in [0.1, 0.15) is 41.4 Å². The minimum Gasteiger partial charge on any atom is -0.493 e. The van der Waals surface area contributed by atoms with Crippen molar-refractivity contribution < 1.29 is 37.3 Å². The zero-order chi connectivity index (χ0) is 26.2. The summed E-state index contributed by atoms with van der Waals surface area (Å²) in [5, 5.41) is 2.36. The van der Waals surface area contributed by atoms with Crippen LogP contribution < -0.4 is 14.8 Å². The molecule has 0 aliphatic heterocycles. The Kier molecular flexibility index (Phi) is 9.86. The third-order valence-corrected chi connectivity index (χ3v) is 4.78. The normalized spacial score (nSPS) is 12.1. The second kappa shape index (κ2) is 12.4. The Labute approximate surface area is 204 Å². The Morgan fingerprint density at radius 1 is 0.914 bits per heavy atom. The first-order chi connectivity index (χ1) is 16.4. The van der Waals surface area contributed by atoms with E-state index in [-0.39, 0.29) is 24.7 Å². The third-order valence-electron chi connectivity index (χ3n) is 4.78. The van der Waals surface area contributed by atoms with Gasteiger partial charge in [-0.05, 0) is 53.7 Å². The van der Waals surface area contributed by atoms with E-state index in [1.807, 2.05) is 0 Å². The van der Waals surface area contributed by atoms with Crippen LogP contribution in [0.1, 0.15) is 58.6 Å². The molecule has 1 N–H and O–H groups in total. The lowest BCUT2D eigenvalue weighted by Gasteiger charge is -2.28. The van der Waals surface area contributed by atoms with E-state index in [2.05, 4.69) is 5.32 Å². The van der Waals surface area contributed by atoms with Gasteiger partial charge < -0.3 is 24.3 Å². The van der Waals surface area contributed by atoms with Crippen LogP contribution >= 0.6 is 0 Å². The molecule has 2 aromatic carbocycles. The number of benzene rings is 2. The predicted octanol–water partition coefficient (Wildman–Crippen LogP) is 5.35. The van der Waals surface area contributed by atoms with Gasteiger partial charge in [0, 0.05) is 23.3 Å². The number of halogens is 2. The molecule has 0 aliphatic carbocycles. The first-order valence-electron chi connectivity index (χ1n) is 11.5. The SMILES string of the molecule is CCOc1cc(F)ccc1C(c1ccc(F)cc1OCC)C(C)OC(=O)CNC(=O)OC(C)(C)C. The highest BCUT2D eigenvalue weighted by Gasteiger charge is 2.31. The van der Waals surface area contributed by atoms with E-state index in [1.54, 1.807) is 41.5 Å². The van der Waals surface area contributed by atoms with E-state index in [9.17, 15) is 18.4 Å². The Hall–Kier alpha value is -3.36. The fourth-order valence-corrected chi connectivity index (χ4v) is 3.54. The number of esters is 1. The van der Waals surface area contributed by atoms with E-state index in [1.165, 1.54) is 36.4 Å². The highest BCUT2D eigenvalue weighted by atomic mass is 19.1. The molecule has 0 fully saturated rings. The summed E-state index contributed by atoms with van der Waals surface area (Å²) in [6.45, 7) is 10.4. The molecule has 0 radical (unpaired) electrons. The lowest BCUT2D eigenvalue weighted by molar-refractivity contribution is -0.147. The summed E-state index contributed by atoms with van der Waals surface area (Å²) in [6, 6.07) is 8.10. The van der Waals surface area contributed by atoms with Crippen molar-refractivity contribution >= 4 is 12.1 Å². The van der Waals surface area contributed by atoms with Crippen molar-refractivity contribution in [1.82, 2.24) is 5.32 Å². The van der Waals surface area contributed by atoms with Crippen molar-refractivity contribution in [3.8, 4) is 11.5 Å². The summed E-state index contributed by atoms with van der Waals surface area (Å²) in [5.74, 6) is -1.87. The summed E-state index contributed by atoms with van der Waals surface area (Å²) in [4.78, 5) is 24.4. The smallest absolute Gasteiger partial charge is 0.408 e. The van der Waals surface area contributed by atoms with Gasteiger partial charge >= 0.3 is 12.1 Å². The maximum Gasteiger partial charge on any atom is 0.408 e. The summed E-state index contributed by atoms with van der Waals surface area (Å²) in [6.07, 6.45) is -1.58. The number of carbonyl (C=O) groups is 2. The standard InChI is InChI=1S/C26H33F2NO6/c1-7-32-21-13-17(27)9-11-19(21)24(20-12-10-18(28)14-22(20)33-8-2)16(3)34-23(30)15-29-25(31)35-26(4,5)6/h9-14,16,24H,7-8,15H2,1-6H3,(H,29,31). The molecule has 0 spiro atoms. The van der Waals surface area contributed by atoms with E-state index in [0.717, 1.165) is 0 Å². The van der Waals surface area contributed by atoms with Crippen LogP contribution in [0.2, 0.25) is 0 Å². The monoisotopic (exact) mass is 493 g/mol. The van der Waals surface area contributed by atoms with Crippen LogP contribution in [-0.2, 0) is 14.3 Å². The second-order valence-corrected chi connectivity index (χ2v) is 8.76. The first kappa shape index (κ1) is 27.9. The molecule has 9 heteroatoms. The van der Waals surface area contributed by atoms with Crippen LogP contribution in [0.3, 0.4) is 0 Å². The highest BCUT2D eigenvalue weighted by molar-refractivity contribution is 5.78. The Balaban J connectivity index is 2.39. The summed E-state index contributed by atoms with van der Waals surface area (Å²) >= 11 is 0. The Morgan fingerprint density at radius 2 is 1.40 bits per heavy atom. The van der Waals surface area contributed by atoms with Crippen molar-refractivity contribution in [2.24, 2.45) is 0 Å². The molecule has 35 heavy (non-hydrogen) atoms. The summed E-state index contributed by atoms with van der Waals surface area (Å²) < 4.78 is 50.1. The number of hydrogen-bond acceptors (Lipinski definition) is 6. The molecular formula is C26H33F2NO6. The topological polar surface area (TPSA) is 83.1 Å². The molecule has 1 unspecified atom stereocenters. The highest BCUT2D eigenvalue weighted by Crippen LogP contribution is 2.40. The van der Waals surface area contributed by atoms with Crippen LogP contribution in [0.4, 0.5) is 13.6 Å². The number of nitrogens with one attached hydrogen (secondary N) is 1. The van der Waals surface area contributed by atoms with Gasteiger partial charge in [0.2, 0.25) is 0 Å². The summed E-state index contributed by atoms with van der Waals surface area (Å²) in [5.41, 5.74) is 0.338. The van der Waals surface area contributed by atoms with E-state index in [4.69, 9.17) is 18.9 Å². The van der Waals surface area contributed by atoms with Crippen molar-refractivity contribution in [3.63, 3.8) is 0 Å². The molecule has 0 aromatic heterocycles. The summed E-state index contributed by atoms with van der Waals surface area (Å²) in [7, 11) is 0. The number of amides is 1. The molecule has 2 aromatic rings. The maximum atomic E-state index is 14.0. The van der Waals surface area contributed by atoms with Gasteiger partial charge in [0.25, 0.3) is 0 Å². The first-order valence-corrected chi connectivity index (χ1v) is 11.5. The van der Waals surface area contributed by atoms with Crippen LogP contribution in [0.25, 0.3) is 0 Å². The minimum atomic E-state index is -0.822. The van der Waals surface area contributed by atoms with Gasteiger partial charge in [-0.2, -0.15) is 0 Å². The van der Waals surface area contributed by atoms with Gasteiger partial charge in [0.05, 0.1) is 19.1 Å². The number of ether oxygens (including phenoxy) is 4. The molecule has 0 saturated heterocycles. The molecule has 0 heterocycles. The van der Waals surface area contributed by atoms with E-state index < -0.39 is 47.9 Å². The molecule has 0 bridgehead atoms. The molecule has 7 nitrogen and oxygen atoms in total. The average Bonchev–Trinajstić information content (AvgIpc) is 2.74. The van der Waals surface area contributed by atoms with Crippen molar-refractivity contribution in [2.75, 3.05) is 19.8 Å². The van der Waals surface area contributed by atoms with Gasteiger partial charge in [-0.25, -0.2) is 13.6 Å². The largest absolute Gasteiger partial charge is 0.493 e.